The molecule has 0 atom stereocenters. The van der Waals surface area contributed by atoms with Gasteiger partial charge < -0.3 is 14.5 Å². The Morgan fingerprint density at radius 3 is 2.86 bits per heavy atom. The van der Waals surface area contributed by atoms with E-state index in [0.29, 0.717) is 22.8 Å². The van der Waals surface area contributed by atoms with Crippen molar-refractivity contribution in [2.24, 2.45) is 0 Å². The van der Waals surface area contributed by atoms with Crippen LogP contribution in [0.15, 0.2) is 40.8 Å². The number of nitro groups is 1. The maximum absolute atomic E-state index is 10.8. The summed E-state index contributed by atoms with van der Waals surface area (Å²) >= 11 is 5.04. The Morgan fingerprint density at radius 1 is 1.32 bits per heavy atom. The van der Waals surface area contributed by atoms with Crippen LogP contribution in [-0.4, -0.2) is 16.7 Å². The quantitative estimate of drug-likeness (QED) is 0.442. The summed E-state index contributed by atoms with van der Waals surface area (Å²) in [6.07, 6.45) is 0. The van der Waals surface area contributed by atoms with E-state index in [0.717, 1.165) is 16.5 Å². The number of rotatable bonds is 3. The first kappa shape index (κ1) is 14.3. The van der Waals surface area contributed by atoms with E-state index in [9.17, 15) is 10.1 Å². The van der Waals surface area contributed by atoms with Gasteiger partial charge in [-0.05, 0) is 48.1 Å². The van der Waals surface area contributed by atoms with Gasteiger partial charge in [0.2, 0.25) is 0 Å². The normalized spacial score (nSPS) is 10.8. The van der Waals surface area contributed by atoms with Gasteiger partial charge in [-0.2, -0.15) is 0 Å². The van der Waals surface area contributed by atoms with E-state index in [1.165, 1.54) is 6.07 Å². The molecule has 1 heterocycles. The molecule has 1 aromatic heterocycles. The van der Waals surface area contributed by atoms with Gasteiger partial charge in [-0.15, -0.1) is 0 Å². The van der Waals surface area contributed by atoms with Crippen molar-refractivity contribution in [3.63, 3.8) is 0 Å². The van der Waals surface area contributed by atoms with Crippen LogP contribution in [0.1, 0.15) is 6.92 Å². The lowest BCUT2D eigenvalue weighted by Gasteiger charge is -2.09. The van der Waals surface area contributed by atoms with Gasteiger partial charge in [-0.3, -0.25) is 10.1 Å². The molecule has 0 bridgehead atoms. The Bertz CT molecular complexity index is 888. The molecule has 6 nitrogen and oxygen atoms in total. The molecule has 0 aliphatic rings. The topological polar surface area (TPSA) is 77.5 Å². The molecule has 0 aliphatic carbocycles. The predicted molar refractivity (Wildman–Crippen MR) is 88.2 cm³/mol. The van der Waals surface area contributed by atoms with Gasteiger partial charge >= 0.3 is 5.88 Å². The van der Waals surface area contributed by atoms with Gasteiger partial charge in [0.05, 0.1) is 12.7 Å². The third-order valence-corrected chi connectivity index (χ3v) is 3.43. The summed E-state index contributed by atoms with van der Waals surface area (Å²) in [4.78, 5) is 10.3. The molecule has 22 heavy (non-hydrogen) atoms. The summed E-state index contributed by atoms with van der Waals surface area (Å²) in [5.41, 5.74) is 1.29. The molecular formula is C15H12N2O4S. The van der Waals surface area contributed by atoms with E-state index >= 15 is 0 Å². The minimum atomic E-state index is -0.539. The number of ether oxygens (including phenoxy) is 1. The van der Waals surface area contributed by atoms with E-state index in [1.807, 2.05) is 31.2 Å². The molecule has 0 unspecified atom stereocenters. The number of nitrogens with one attached hydrogen (secondary N) is 1. The molecule has 0 amide bonds. The number of benzene rings is 2. The van der Waals surface area contributed by atoms with Crippen molar-refractivity contribution >= 4 is 50.7 Å². The van der Waals surface area contributed by atoms with Crippen molar-refractivity contribution in [1.29, 1.82) is 0 Å². The summed E-state index contributed by atoms with van der Waals surface area (Å²) in [6, 6.07) is 10.6. The lowest BCUT2D eigenvalue weighted by Crippen LogP contribution is -2.12. The van der Waals surface area contributed by atoms with Crippen molar-refractivity contribution in [2.45, 2.75) is 6.92 Å². The van der Waals surface area contributed by atoms with Crippen molar-refractivity contribution in [1.82, 2.24) is 0 Å². The van der Waals surface area contributed by atoms with E-state index in [-0.39, 0.29) is 5.88 Å². The molecule has 0 aliphatic heterocycles. The molecule has 0 fully saturated rings. The van der Waals surface area contributed by atoms with Crippen LogP contribution in [0.3, 0.4) is 0 Å². The Hall–Kier alpha value is -2.67. The van der Waals surface area contributed by atoms with Gasteiger partial charge in [-0.1, -0.05) is 12.1 Å². The van der Waals surface area contributed by atoms with Crippen molar-refractivity contribution in [3.05, 3.63) is 46.5 Å². The summed E-state index contributed by atoms with van der Waals surface area (Å²) in [5.74, 6) is -0.262. The molecule has 112 valence electrons. The van der Waals surface area contributed by atoms with Crippen LogP contribution in [0.5, 0.6) is 0 Å². The molecule has 0 spiro atoms. The lowest BCUT2D eigenvalue weighted by atomic mass is 10.1. The fourth-order valence-electron chi connectivity index (χ4n) is 2.29. The van der Waals surface area contributed by atoms with Crippen molar-refractivity contribution in [3.8, 4) is 0 Å². The van der Waals surface area contributed by atoms with Crippen molar-refractivity contribution < 1.29 is 14.1 Å². The Kier molecular flexibility index (Phi) is 3.64. The van der Waals surface area contributed by atoms with E-state index in [1.54, 1.807) is 6.07 Å². The van der Waals surface area contributed by atoms with Gasteiger partial charge in [0.25, 0.3) is 5.17 Å². The maximum atomic E-state index is 10.8. The molecule has 1 N–H and O–H groups in total. The zero-order valence-electron chi connectivity index (χ0n) is 11.7. The van der Waals surface area contributed by atoms with Gasteiger partial charge in [-0.25, -0.2) is 0 Å². The molecule has 0 radical (unpaired) electrons. The predicted octanol–water partition coefficient (Wildman–Crippen LogP) is 4.23. The maximum Gasteiger partial charge on any atom is 0.434 e. The fraction of sp³-hybridized carbons (Fsp3) is 0.133. The van der Waals surface area contributed by atoms with Crippen LogP contribution >= 0.6 is 12.2 Å². The minimum absolute atomic E-state index is 0.262. The Morgan fingerprint density at radius 2 is 2.14 bits per heavy atom. The van der Waals surface area contributed by atoms with Gasteiger partial charge in [0.1, 0.15) is 10.5 Å². The number of fused-ring (bicyclic) bond motifs is 3. The summed E-state index contributed by atoms with van der Waals surface area (Å²) in [6.45, 7) is 2.36. The molecule has 3 aromatic rings. The molecular weight excluding hydrogens is 304 g/mol. The fourth-order valence-corrected chi connectivity index (χ4v) is 2.53. The highest BCUT2D eigenvalue weighted by Gasteiger charge is 2.15. The zero-order valence-corrected chi connectivity index (χ0v) is 12.5. The Labute approximate surface area is 130 Å². The third kappa shape index (κ3) is 2.58. The highest BCUT2D eigenvalue weighted by Crippen LogP contribution is 2.32. The van der Waals surface area contributed by atoms with Crippen molar-refractivity contribution in [2.75, 3.05) is 11.9 Å². The summed E-state index contributed by atoms with van der Waals surface area (Å²) in [7, 11) is 0. The minimum Gasteiger partial charge on any atom is -0.471 e. The second kappa shape index (κ2) is 5.61. The number of furan rings is 1. The van der Waals surface area contributed by atoms with Crippen LogP contribution < -0.4 is 5.32 Å². The van der Waals surface area contributed by atoms with Gasteiger partial charge in [0.15, 0.2) is 0 Å². The number of thiocarbonyl (C=S) groups is 1. The van der Waals surface area contributed by atoms with E-state index in [2.05, 4.69) is 5.32 Å². The van der Waals surface area contributed by atoms with Crippen LogP contribution in [0.4, 0.5) is 11.6 Å². The molecule has 0 saturated carbocycles. The second-order valence-electron chi connectivity index (χ2n) is 4.60. The monoisotopic (exact) mass is 316 g/mol. The second-order valence-corrected chi connectivity index (χ2v) is 4.97. The zero-order chi connectivity index (χ0) is 15.7. The van der Waals surface area contributed by atoms with E-state index in [4.69, 9.17) is 21.4 Å². The van der Waals surface area contributed by atoms with Gasteiger partial charge in [0, 0.05) is 11.1 Å². The first-order valence-electron chi connectivity index (χ1n) is 6.63. The first-order chi connectivity index (χ1) is 10.6. The molecule has 2 aromatic carbocycles. The van der Waals surface area contributed by atoms with Crippen LogP contribution in [0.2, 0.25) is 0 Å². The summed E-state index contributed by atoms with van der Waals surface area (Å²) in [5, 5.41) is 16.6. The SMILES string of the molecule is CCOC(=S)Nc1ccc2c(ccc3oc([N+](=O)[O-])cc32)c1. The number of hydrogen-bond donors (Lipinski definition) is 1. The van der Waals surface area contributed by atoms with E-state index < -0.39 is 4.92 Å². The molecule has 3 rings (SSSR count). The highest BCUT2D eigenvalue weighted by atomic mass is 32.1. The largest absolute Gasteiger partial charge is 0.471 e. The average Bonchev–Trinajstić information content (AvgIpc) is 2.91. The highest BCUT2D eigenvalue weighted by molar-refractivity contribution is 7.80. The average molecular weight is 316 g/mol. The smallest absolute Gasteiger partial charge is 0.434 e. The van der Waals surface area contributed by atoms with Crippen LogP contribution in [0.25, 0.3) is 21.7 Å². The Balaban J connectivity index is 2.04. The third-order valence-electron chi connectivity index (χ3n) is 3.21. The number of anilines is 1. The standard InChI is InChI=1S/C15H12N2O4S/c1-2-20-15(22)16-10-4-5-11-9(7-10)3-6-13-12(11)8-14(21-13)17(18)19/h3-8H,2H2,1H3,(H,16,22). The van der Waals surface area contributed by atoms with Crippen LogP contribution in [-0.2, 0) is 4.74 Å². The number of nitrogens with zero attached hydrogens (tertiary/aromatic N) is 1. The number of hydrogen-bond acceptors (Lipinski definition) is 5. The summed E-state index contributed by atoms with van der Waals surface area (Å²) < 4.78 is 10.4. The van der Waals surface area contributed by atoms with Crippen LogP contribution in [0, 0.1) is 10.1 Å². The molecule has 0 saturated heterocycles. The lowest BCUT2D eigenvalue weighted by molar-refractivity contribution is -0.401. The first-order valence-corrected chi connectivity index (χ1v) is 7.04. The molecule has 7 heteroatoms.